The van der Waals surface area contributed by atoms with E-state index < -0.39 is 10.0 Å². The van der Waals surface area contributed by atoms with Crippen LogP contribution in [0.2, 0.25) is 0 Å². The molecule has 1 aliphatic rings. The Morgan fingerprint density at radius 3 is 2.38 bits per heavy atom. The number of hydrogen-bond donors (Lipinski definition) is 0. The second-order valence-electron chi connectivity index (χ2n) is 3.70. The number of sulfonamides is 1. The Balaban J connectivity index is 2.35. The maximum atomic E-state index is 12.3. The smallest absolute Gasteiger partial charge is 0.207 e. The molecule has 0 spiro atoms. The molecule has 0 amide bonds. The van der Waals surface area contributed by atoms with Gasteiger partial charge in [0.1, 0.15) is 0 Å². The zero-order chi connectivity index (χ0) is 11.6. The monoisotopic (exact) mass is 302 g/mol. The molecule has 5 heteroatoms. The molecular weight excluding hydrogens is 290 g/mol. The summed E-state index contributed by atoms with van der Waals surface area (Å²) in [7, 11) is -3.33. The Hall–Kier alpha value is -0.390. The lowest BCUT2D eigenvalue weighted by Crippen LogP contribution is -2.35. The average molecular weight is 303 g/mol. The molecule has 1 aromatic carbocycles. The van der Waals surface area contributed by atoms with Crippen molar-refractivity contribution in [3.05, 3.63) is 35.2 Å². The van der Waals surface area contributed by atoms with Crippen LogP contribution in [0.25, 0.3) is 0 Å². The van der Waals surface area contributed by atoms with Crippen molar-refractivity contribution < 1.29 is 8.42 Å². The lowest BCUT2D eigenvalue weighted by molar-refractivity contribution is 0.384. The normalized spacial score (nSPS) is 18.6. The predicted molar refractivity (Wildman–Crippen MR) is 66.4 cm³/mol. The van der Waals surface area contributed by atoms with Gasteiger partial charge in [-0.15, -0.1) is 0 Å². The van der Waals surface area contributed by atoms with E-state index in [2.05, 4.69) is 22.4 Å². The van der Waals surface area contributed by atoms with Crippen LogP contribution in [0.3, 0.4) is 0 Å². The standard InChI is InChI=1S/C11H13BrNO2S/c12-10-6-2-3-7-11(10)16(14,15)13-8-4-1-5-9-13/h1-3,6-7H,4-5,8-9H2. The van der Waals surface area contributed by atoms with Gasteiger partial charge in [0.25, 0.3) is 0 Å². The van der Waals surface area contributed by atoms with E-state index in [4.69, 9.17) is 0 Å². The van der Waals surface area contributed by atoms with Gasteiger partial charge in [0.05, 0.1) is 4.90 Å². The third-order valence-electron chi connectivity index (χ3n) is 2.62. The van der Waals surface area contributed by atoms with Gasteiger partial charge in [-0.05, 0) is 47.3 Å². The van der Waals surface area contributed by atoms with Gasteiger partial charge < -0.3 is 0 Å². The Morgan fingerprint density at radius 1 is 1.12 bits per heavy atom. The number of rotatable bonds is 2. The van der Waals surface area contributed by atoms with Crippen molar-refractivity contribution in [3.63, 3.8) is 0 Å². The first kappa shape index (κ1) is 12.1. The molecule has 0 N–H and O–H groups in total. The molecule has 0 saturated carbocycles. The Labute approximate surface area is 105 Å². The number of piperidine rings is 1. The molecule has 2 rings (SSSR count). The lowest BCUT2D eigenvalue weighted by Gasteiger charge is -2.26. The first-order valence-corrected chi connectivity index (χ1v) is 7.42. The molecule has 1 radical (unpaired) electrons. The van der Waals surface area contributed by atoms with Crippen molar-refractivity contribution in [2.45, 2.75) is 17.7 Å². The van der Waals surface area contributed by atoms with Gasteiger partial charge in [-0.1, -0.05) is 12.1 Å². The van der Waals surface area contributed by atoms with Crippen LogP contribution in [0.1, 0.15) is 12.8 Å². The van der Waals surface area contributed by atoms with Crippen LogP contribution >= 0.6 is 15.9 Å². The molecule has 0 unspecified atom stereocenters. The summed E-state index contributed by atoms with van der Waals surface area (Å²) in [4.78, 5) is 0.358. The van der Waals surface area contributed by atoms with Crippen LogP contribution < -0.4 is 0 Å². The van der Waals surface area contributed by atoms with Crippen molar-refractivity contribution in [1.82, 2.24) is 4.31 Å². The molecule has 1 aromatic rings. The Morgan fingerprint density at radius 2 is 1.75 bits per heavy atom. The fourth-order valence-electron chi connectivity index (χ4n) is 1.76. The molecule has 1 aliphatic heterocycles. The molecular formula is C11H13BrNO2S. The zero-order valence-corrected chi connectivity index (χ0v) is 11.2. The Kier molecular flexibility index (Phi) is 3.66. The molecule has 0 bridgehead atoms. The van der Waals surface area contributed by atoms with Gasteiger partial charge in [-0.2, -0.15) is 4.31 Å². The van der Waals surface area contributed by atoms with Crippen LogP contribution in [0.15, 0.2) is 33.6 Å². The number of nitrogens with zero attached hydrogens (tertiary/aromatic N) is 1. The van der Waals surface area contributed by atoms with Crippen LogP contribution in [0.4, 0.5) is 0 Å². The molecule has 1 saturated heterocycles. The summed E-state index contributed by atoms with van der Waals surface area (Å²) < 4.78 is 26.8. The summed E-state index contributed by atoms with van der Waals surface area (Å²) in [5, 5.41) is 0. The average Bonchev–Trinajstić information content (AvgIpc) is 2.30. The molecule has 3 nitrogen and oxygen atoms in total. The summed E-state index contributed by atoms with van der Waals surface area (Å²) in [6.45, 7) is 1.17. The summed E-state index contributed by atoms with van der Waals surface area (Å²) in [6, 6.07) is 6.95. The molecule has 16 heavy (non-hydrogen) atoms. The topological polar surface area (TPSA) is 37.4 Å². The highest BCUT2D eigenvalue weighted by atomic mass is 79.9. The molecule has 1 heterocycles. The number of benzene rings is 1. The molecule has 0 aliphatic carbocycles. The van der Waals surface area contributed by atoms with Crippen molar-refractivity contribution in [3.8, 4) is 0 Å². The van der Waals surface area contributed by atoms with E-state index in [9.17, 15) is 8.42 Å². The highest BCUT2D eigenvalue weighted by Gasteiger charge is 2.27. The molecule has 0 aromatic heterocycles. The van der Waals surface area contributed by atoms with Gasteiger partial charge in [0, 0.05) is 17.6 Å². The van der Waals surface area contributed by atoms with E-state index >= 15 is 0 Å². The third kappa shape index (κ3) is 2.31. The van der Waals surface area contributed by atoms with E-state index in [0.29, 0.717) is 22.5 Å². The van der Waals surface area contributed by atoms with E-state index in [1.54, 1.807) is 22.5 Å². The van der Waals surface area contributed by atoms with Gasteiger partial charge in [0.2, 0.25) is 10.0 Å². The molecule has 0 atom stereocenters. The van der Waals surface area contributed by atoms with E-state index in [-0.39, 0.29) is 0 Å². The van der Waals surface area contributed by atoms with E-state index in [1.807, 2.05) is 6.07 Å². The highest BCUT2D eigenvalue weighted by molar-refractivity contribution is 9.10. The largest absolute Gasteiger partial charge is 0.244 e. The van der Waals surface area contributed by atoms with E-state index in [0.717, 1.165) is 12.8 Å². The minimum Gasteiger partial charge on any atom is -0.207 e. The van der Waals surface area contributed by atoms with Gasteiger partial charge in [-0.25, -0.2) is 8.42 Å². The van der Waals surface area contributed by atoms with Gasteiger partial charge in [0.15, 0.2) is 0 Å². The van der Waals surface area contributed by atoms with Crippen LogP contribution in [0, 0.1) is 6.42 Å². The quantitative estimate of drug-likeness (QED) is 0.841. The van der Waals surface area contributed by atoms with Gasteiger partial charge >= 0.3 is 0 Å². The van der Waals surface area contributed by atoms with E-state index in [1.165, 1.54) is 0 Å². The predicted octanol–water partition coefficient (Wildman–Crippen LogP) is 2.44. The maximum absolute atomic E-state index is 12.3. The van der Waals surface area contributed by atoms with Crippen molar-refractivity contribution in [2.24, 2.45) is 0 Å². The lowest BCUT2D eigenvalue weighted by atomic mass is 10.2. The fourth-order valence-corrected chi connectivity index (χ4v) is 4.19. The van der Waals surface area contributed by atoms with Crippen molar-refractivity contribution >= 4 is 26.0 Å². The maximum Gasteiger partial charge on any atom is 0.244 e. The van der Waals surface area contributed by atoms with Crippen molar-refractivity contribution in [1.29, 1.82) is 0 Å². The minimum absolute atomic E-state index is 0.358. The second-order valence-corrected chi connectivity index (χ2v) is 6.46. The summed E-state index contributed by atoms with van der Waals surface area (Å²) in [5.74, 6) is 0. The SMILES string of the molecule is O=S(=O)(c1ccccc1Br)N1CC[CH]CC1. The highest BCUT2D eigenvalue weighted by Crippen LogP contribution is 2.26. The summed E-state index contributed by atoms with van der Waals surface area (Å²) in [6.07, 6.45) is 3.80. The van der Waals surface area contributed by atoms with Gasteiger partial charge in [-0.3, -0.25) is 0 Å². The van der Waals surface area contributed by atoms with Crippen LogP contribution in [0.5, 0.6) is 0 Å². The summed E-state index contributed by atoms with van der Waals surface area (Å²) >= 11 is 3.29. The number of hydrogen-bond acceptors (Lipinski definition) is 2. The molecule has 1 fully saturated rings. The molecule has 87 valence electrons. The fraction of sp³-hybridized carbons (Fsp3) is 0.364. The number of halogens is 1. The van der Waals surface area contributed by atoms with Crippen LogP contribution in [-0.2, 0) is 10.0 Å². The summed E-state index contributed by atoms with van der Waals surface area (Å²) in [5.41, 5.74) is 0. The first-order valence-electron chi connectivity index (χ1n) is 5.19. The zero-order valence-electron chi connectivity index (χ0n) is 8.77. The Bertz CT molecular complexity index is 467. The minimum atomic E-state index is -3.33. The second kappa shape index (κ2) is 4.85. The third-order valence-corrected chi connectivity index (χ3v) is 5.53. The van der Waals surface area contributed by atoms with Crippen molar-refractivity contribution in [2.75, 3.05) is 13.1 Å². The van der Waals surface area contributed by atoms with Crippen LogP contribution in [-0.4, -0.2) is 25.8 Å². The first-order chi connectivity index (χ1) is 7.62.